The molecule has 0 bridgehead atoms. The van der Waals surface area contributed by atoms with Crippen LogP contribution in [0.2, 0.25) is 0 Å². The van der Waals surface area contributed by atoms with Crippen molar-refractivity contribution in [1.29, 1.82) is 10.8 Å². The lowest BCUT2D eigenvalue weighted by Crippen LogP contribution is -2.32. The zero-order chi connectivity index (χ0) is 26.9. The van der Waals surface area contributed by atoms with Gasteiger partial charge in [0.25, 0.3) is 11.8 Å². The number of pyridine rings is 2. The van der Waals surface area contributed by atoms with Crippen molar-refractivity contribution in [3.63, 3.8) is 0 Å². The number of carbonyl (C=O) groups excluding carboxylic acids is 2. The second-order valence-electron chi connectivity index (χ2n) is 8.63. The Morgan fingerprint density at radius 2 is 1.97 bits per heavy atom. The van der Waals surface area contributed by atoms with Gasteiger partial charge in [0.05, 0.1) is 18.4 Å². The van der Waals surface area contributed by atoms with Gasteiger partial charge in [-0.1, -0.05) is 6.07 Å². The number of hydrogen-bond donors (Lipinski definition) is 3. The number of rotatable bonds is 6. The molecule has 190 valence electrons. The van der Waals surface area contributed by atoms with Crippen molar-refractivity contribution in [2.45, 2.75) is 33.1 Å². The molecule has 1 aromatic carbocycles. The summed E-state index contributed by atoms with van der Waals surface area (Å²) in [7, 11) is 0. The van der Waals surface area contributed by atoms with Crippen LogP contribution in [-0.4, -0.2) is 40.5 Å². The molecule has 3 aromatic rings. The van der Waals surface area contributed by atoms with Gasteiger partial charge in [-0.05, 0) is 55.3 Å². The first kappa shape index (κ1) is 25.5. The molecule has 0 saturated carbocycles. The molecule has 0 aliphatic carbocycles. The zero-order valence-electron chi connectivity index (χ0n) is 20.5. The first-order valence-corrected chi connectivity index (χ1v) is 11.5. The Balaban J connectivity index is 1.71. The van der Waals surface area contributed by atoms with Gasteiger partial charge in [-0.15, -0.1) is 0 Å². The highest BCUT2D eigenvalue weighted by molar-refractivity contribution is 6.22. The zero-order valence-corrected chi connectivity index (χ0v) is 20.5. The van der Waals surface area contributed by atoms with E-state index in [1.165, 1.54) is 22.1 Å². The number of fused-ring (bicyclic) bond motifs is 1. The highest BCUT2D eigenvalue weighted by atomic mass is 19.3. The molecule has 0 unspecified atom stereocenters. The number of benzene rings is 1. The first-order chi connectivity index (χ1) is 17.5. The van der Waals surface area contributed by atoms with Crippen LogP contribution in [0.5, 0.6) is 0 Å². The van der Waals surface area contributed by atoms with Crippen LogP contribution >= 0.6 is 0 Å². The minimum absolute atomic E-state index is 0.0386. The third-order valence-electron chi connectivity index (χ3n) is 6.00. The molecule has 3 heterocycles. The number of nitrogens with one attached hydrogen (secondary N) is 3. The lowest BCUT2D eigenvalue weighted by molar-refractivity contribution is -0.117. The van der Waals surface area contributed by atoms with Crippen molar-refractivity contribution < 1.29 is 18.4 Å². The highest BCUT2D eigenvalue weighted by Crippen LogP contribution is 2.36. The molecule has 37 heavy (non-hydrogen) atoms. The Kier molecular flexibility index (Phi) is 6.80. The molecule has 11 heteroatoms. The van der Waals surface area contributed by atoms with Crippen LogP contribution < -0.4 is 15.1 Å². The largest absolute Gasteiger partial charge is 0.322 e. The average molecular weight is 506 g/mol. The van der Waals surface area contributed by atoms with Crippen LogP contribution in [0.1, 0.15) is 41.9 Å². The van der Waals surface area contributed by atoms with E-state index in [2.05, 4.69) is 15.3 Å². The second-order valence-corrected chi connectivity index (χ2v) is 8.63. The van der Waals surface area contributed by atoms with Gasteiger partial charge in [-0.3, -0.25) is 35.2 Å². The molecule has 3 N–H and O–H groups in total. The number of carbonyl (C=O) groups is 2. The summed E-state index contributed by atoms with van der Waals surface area (Å²) in [5.41, 5.74) is 2.64. The van der Waals surface area contributed by atoms with Gasteiger partial charge in [-0.25, -0.2) is 4.98 Å². The fourth-order valence-corrected chi connectivity index (χ4v) is 4.07. The number of nitrogens with zero attached hydrogens (tertiary/aromatic N) is 4. The van der Waals surface area contributed by atoms with E-state index in [0.717, 1.165) is 23.5 Å². The van der Waals surface area contributed by atoms with Crippen LogP contribution in [0.3, 0.4) is 0 Å². The van der Waals surface area contributed by atoms with Crippen LogP contribution in [0.15, 0.2) is 48.8 Å². The van der Waals surface area contributed by atoms with Gasteiger partial charge in [0.1, 0.15) is 11.5 Å². The van der Waals surface area contributed by atoms with Gasteiger partial charge in [0.15, 0.2) is 5.82 Å². The predicted molar refractivity (Wildman–Crippen MR) is 138 cm³/mol. The summed E-state index contributed by atoms with van der Waals surface area (Å²) in [4.78, 5) is 36.3. The molecule has 0 radical (unpaired) electrons. The molecule has 0 saturated heterocycles. The standard InChI is InChI=1S/C26H25F2N7O2/c1-4-34-23(36)12-22(30)35(14-29)20-9-17(13-32-24(20)34)19-11-18(6-5-15(19)2)33-25(37)16-7-8-31-21(10-16)26(3,27)28/h5-11,13-14,29-30H,4,12H2,1-3H3,(H,33,37). The minimum Gasteiger partial charge on any atom is -0.322 e. The Labute approximate surface area is 212 Å². The van der Waals surface area contributed by atoms with Crippen molar-refractivity contribution >= 4 is 41.2 Å². The van der Waals surface area contributed by atoms with Gasteiger partial charge in [-0.2, -0.15) is 8.78 Å². The summed E-state index contributed by atoms with van der Waals surface area (Å²) in [6, 6.07) is 9.39. The summed E-state index contributed by atoms with van der Waals surface area (Å²) in [6.07, 6.45) is 3.58. The molecule has 1 aliphatic rings. The van der Waals surface area contributed by atoms with E-state index in [0.29, 0.717) is 36.2 Å². The summed E-state index contributed by atoms with van der Waals surface area (Å²) in [5.74, 6) is -3.71. The van der Waals surface area contributed by atoms with Crippen molar-refractivity contribution in [1.82, 2.24) is 9.97 Å². The van der Waals surface area contributed by atoms with Crippen LogP contribution in [0, 0.1) is 17.7 Å². The maximum atomic E-state index is 13.6. The van der Waals surface area contributed by atoms with Crippen molar-refractivity contribution in [3.05, 3.63) is 65.6 Å². The SMILES string of the molecule is CCN1C(=O)CC(=N)N(C=N)c2cc(-c3cc(NC(=O)c4ccnc(C(C)(F)F)c4)ccc3C)cnc21. The first-order valence-electron chi connectivity index (χ1n) is 11.5. The number of hydrogen-bond acceptors (Lipinski definition) is 6. The van der Waals surface area contributed by atoms with E-state index in [9.17, 15) is 18.4 Å². The third-order valence-corrected chi connectivity index (χ3v) is 6.00. The molecule has 2 aromatic heterocycles. The summed E-state index contributed by atoms with van der Waals surface area (Å²) >= 11 is 0. The third kappa shape index (κ3) is 5.06. The smallest absolute Gasteiger partial charge is 0.286 e. The van der Waals surface area contributed by atoms with Gasteiger partial charge < -0.3 is 5.32 Å². The molecule has 0 fully saturated rings. The Morgan fingerprint density at radius 3 is 2.65 bits per heavy atom. The summed E-state index contributed by atoms with van der Waals surface area (Å²) in [5, 5.41) is 18.8. The number of aryl methyl sites for hydroxylation is 1. The Bertz CT molecular complexity index is 1420. The Morgan fingerprint density at radius 1 is 1.22 bits per heavy atom. The number of amidine groups is 1. The highest BCUT2D eigenvalue weighted by Gasteiger charge is 2.30. The number of anilines is 3. The molecule has 9 nitrogen and oxygen atoms in total. The van der Waals surface area contributed by atoms with E-state index >= 15 is 0 Å². The van der Waals surface area contributed by atoms with E-state index in [1.54, 1.807) is 30.5 Å². The molecule has 2 amide bonds. The maximum absolute atomic E-state index is 13.6. The van der Waals surface area contributed by atoms with Crippen molar-refractivity contribution in [2.24, 2.45) is 0 Å². The predicted octanol–water partition coefficient (Wildman–Crippen LogP) is 4.96. The van der Waals surface area contributed by atoms with Crippen LogP contribution in [0.25, 0.3) is 11.1 Å². The van der Waals surface area contributed by atoms with E-state index < -0.39 is 17.5 Å². The topological polar surface area (TPSA) is 126 Å². The fraction of sp³-hybridized carbons (Fsp3) is 0.231. The quantitative estimate of drug-likeness (QED) is 0.322. The van der Waals surface area contributed by atoms with E-state index in [1.807, 2.05) is 13.8 Å². The lowest BCUT2D eigenvalue weighted by Gasteiger charge is -2.22. The number of amides is 2. The van der Waals surface area contributed by atoms with Crippen molar-refractivity contribution in [3.8, 4) is 11.1 Å². The maximum Gasteiger partial charge on any atom is 0.286 e. The van der Waals surface area contributed by atoms with Crippen LogP contribution in [-0.2, 0) is 10.7 Å². The van der Waals surface area contributed by atoms with E-state index in [-0.39, 0.29) is 23.7 Å². The molecular weight excluding hydrogens is 480 g/mol. The number of halogens is 2. The van der Waals surface area contributed by atoms with Crippen molar-refractivity contribution in [2.75, 3.05) is 21.7 Å². The fourth-order valence-electron chi connectivity index (χ4n) is 4.07. The molecule has 0 atom stereocenters. The molecule has 0 spiro atoms. The number of aromatic nitrogens is 2. The Hall–Kier alpha value is -4.54. The summed E-state index contributed by atoms with van der Waals surface area (Å²) in [6.45, 7) is 4.76. The normalized spacial score (nSPS) is 13.8. The summed E-state index contributed by atoms with van der Waals surface area (Å²) < 4.78 is 27.3. The molecular formula is C26H25F2N7O2. The monoisotopic (exact) mass is 505 g/mol. The second kappa shape index (κ2) is 9.84. The lowest BCUT2D eigenvalue weighted by atomic mass is 10.0. The average Bonchev–Trinajstić information content (AvgIpc) is 2.96. The molecule has 1 aliphatic heterocycles. The molecule has 4 rings (SSSR count). The van der Waals surface area contributed by atoms with Gasteiger partial charge in [0, 0.05) is 42.7 Å². The van der Waals surface area contributed by atoms with Gasteiger partial charge in [0.2, 0.25) is 5.91 Å². The van der Waals surface area contributed by atoms with Crippen LogP contribution in [0.4, 0.5) is 26.0 Å². The van der Waals surface area contributed by atoms with E-state index in [4.69, 9.17) is 10.8 Å². The minimum atomic E-state index is -3.18. The number of alkyl halides is 2. The van der Waals surface area contributed by atoms with Gasteiger partial charge >= 0.3 is 0 Å².